The summed E-state index contributed by atoms with van der Waals surface area (Å²) in [6.45, 7) is -0.126. The lowest BCUT2D eigenvalue weighted by Gasteiger charge is -2.30. The molecule has 2 aliphatic rings. The normalized spacial score (nSPS) is 24.2. The van der Waals surface area contributed by atoms with E-state index in [4.69, 9.17) is 23.2 Å². The van der Waals surface area contributed by atoms with Gasteiger partial charge in [-0.25, -0.2) is 5.01 Å². The number of hydrazine groups is 1. The third-order valence-corrected chi connectivity index (χ3v) is 9.48. The van der Waals surface area contributed by atoms with E-state index < -0.39 is 34.5 Å². The predicted molar refractivity (Wildman–Crippen MR) is 133 cm³/mol. The first kappa shape index (κ1) is 25.1. The largest absolute Gasteiger partial charge is 0.273 e. The lowest BCUT2D eigenvalue weighted by atomic mass is 9.81. The third-order valence-electron chi connectivity index (χ3n) is 6.01. The van der Waals surface area contributed by atoms with Crippen molar-refractivity contribution in [1.29, 1.82) is 0 Å². The number of benzene rings is 2. The quantitative estimate of drug-likeness (QED) is 0.190. The van der Waals surface area contributed by atoms with Crippen molar-refractivity contribution in [3.8, 4) is 0 Å². The van der Waals surface area contributed by atoms with Crippen molar-refractivity contribution >= 4 is 78.5 Å². The number of carbonyl (C=O) groups is 3. The number of nitro benzene ring substituents is 1. The molecule has 0 spiro atoms. The monoisotopic (exact) mass is 631 g/mol. The molecule has 1 aliphatic heterocycles. The van der Waals surface area contributed by atoms with Gasteiger partial charge in [0.25, 0.3) is 23.4 Å². The summed E-state index contributed by atoms with van der Waals surface area (Å²) in [6, 6.07) is 9.75. The Hall–Kier alpha value is -2.01. The van der Waals surface area contributed by atoms with Gasteiger partial charge < -0.3 is 0 Å². The van der Waals surface area contributed by atoms with Crippen molar-refractivity contribution in [2.45, 2.75) is 29.0 Å². The lowest BCUT2D eigenvalue weighted by molar-refractivity contribution is -0.384. The van der Waals surface area contributed by atoms with Crippen LogP contribution in [0.4, 0.5) is 5.69 Å². The number of hydrogen-bond acceptors (Lipinski definition) is 5. The van der Waals surface area contributed by atoms with Gasteiger partial charge in [-0.1, -0.05) is 61.1 Å². The third kappa shape index (κ3) is 4.73. The SMILES string of the molecule is O=C(c1ccc([N+](=O)[O-])cc1)N(Cc1ccc(Cl)c(Cl)c1)N1C(=O)[C@H]2C[C@H](Br)[C@@H](Br)C[C@H]2C1=O. The van der Waals surface area contributed by atoms with Crippen LogP contribution in [0.25, 0.3) is 0 Å². The number of nitrogens with zero attached hydrogens (tertiary/aromatic N) is 3. The van der Waals surface area contributed by atoms with Gasteiger partial charge in [0, 0.05) is 27.4 Å². The molecule has 2 aromatic rings. The zero-order valence-corrected chi connectivity index (χ0v) is 22.1. The number of nitro groups is 1. The molecular weight excluding hydrogens is 617 g/mol. The van der Waals surface area contributed by atoms with Crippen LogP contribution in [0.15, 0.2) is 42.5 Å². The first-order chi connectivity index (χ1) is 16.1. The van der Waals surface area contributed by atoms with Crippen LogP contribution in [0.3, 0.4) is 0 Å². The fraction of sp³-hybridized carbons (Fsp3) is 0.318. The van der Waals surface area contributed by atoms with E-state index in [2.05, 4.69) is 31.9 Å². The summed E-state index contributed by atoms with van der Waals surface area (Å²) in [7, 11) is 0. The minimum atomic E-state index is -0.646. The fourth-order valence-corrected chi connectivity index (χ4v) is 5.79. The molecule has 8 nitrogen and oxygen atoms in total. The van der Waals surface area contributed by atoms with Crippen LogP contribution < -0.4 is 0 Å². The maximum absolute atomic E-state index is 13.5. The van der Waals surface area contributed by atoms with Crippen molar-refractivity contribution in [3.63, 3.8) is 0 Å². The molecule has 4 atom stereocenters. The fourth-order valence-electron chi connectivity index (χ4n) is 4.23. The Labute approximate surface area is 221 Å². The highest BCUT2D eigenvalue weighted by Crippen LogP contribution is 2.44. The van der Waals surface area contributed by atoms with Gasteiger partial charge >= 0.3 is 0 Å². The van der Waals surface area contributed by atoms with Gasteiger partial charge in [-0.2, -0.15) is 5.01 Å². The highest BCUT2D eigenvalue weighted by Gasteiger charge is 2.54. The van der Waals surface area contributed by atoms with Gasteiger partial charge in [-0.05, 0) is 42.7 Å². The molecule has 0 unspecified atom stereocenters. The van der Waals surface area contributed by atoms with Crippen molar-refractivity contribution in [2.24, 2.45) is 11.8 Å². The van der Waals surface area contributed by atoms with E-state index in [0.29, 0.717) is 23.4 Å². The van der Waals surface area contributed by atoms with Crippen LogP contribution in [0.1, 0.15) is 28.8 Å². The number of halogens is 4. The molecule has 12 heteroatoms. The molecule has 0 N–H and O–H groups in total. The standard InChI is InChI=1S/C22H17Br2Cl2N3O5/c23-16-8-14-15(9-17(16)24)22(32)28(21(14)31)27(10-11-1-6-18(25)19(26)7-11)20(30)12-2-4-13(5-3-12)29(33)34/h1-7,14-17H,8-10H2/t14-,15+,16-,17-/m0/s1. The van der Waals surface area contributed by atoms with Crippen LogP contribution >= 0.6 is 55.1 Å². The van der Waals surface area contributed by atoms with E-state index in [-0.39, 0.29) is 32.5 Å². The van der Waals surface area contributed by atoms with Crippen LogP contribution in [-0.2, 0) is 16.1 Å². The van der Waals surface area contributed by atoms with Gasteiger partial charge in [0.15, 0.2) is 0 Å². The zero-order chi connectivity index (χ0) is 24.7. The summed E-state index contributed by atoms with van der Waals surface area (Å²) in [5.41, 5.74) is 0.466. The van der Waals surface area contributed by atoms with Crippen molar-refractivity contribution < 1.29 is 19.3 Å². The minimum Gasteiger partial charge on any atom is -0.272 e. The first-order valence-electron chi connectivity index (χ1n) is 10.2. The molecule has 0 radical (unpaired) electrons. The molecule has 178 valence electrons. The predicted octanol–water partition coefficient (Wildman–Crippen LogP) is 5.38. The number of non-ortho nitro benzene ring substituents is 1. The van der Waals surface area contributed by atoms with E-state index in [9.17, 15) is 24.5 Å². The number of fused-ring (bicyclic) bond motifs is 1. The number of amides is 3. The highest BCUT2D eigenvalue weighted by molar-refractivity contribution is 9.12. The van der Waals surface area contributed by atoms with Crippen LogP contribution in [0.2, 0.25) is 10.0 Å². The van der Waals surface area contributed by atoms with Crippen molar-refractivity contribution in [2.75, 3.05) is 0 Å². The second-order valence-electron chi connectivity index (χ2n) is 8.12. The Morgan fingerprint density at radius 1 is 1.00 bits per heavy atom. The number of hydrogen-bond donors (Lipinski definition) is 0. The molecule has 1 saturated carbocycles. The highest BCUT2D eigenvalue weighted by atomic mass is 79.9. The van der Waals surface area contributed by atoms with Crippen molar-refractivity contribution in [3.05, 3.63) is 73.8 Å². The Bertz CT molecular complexity index is 1150. The molecule has 1 aliphatic carbocycles. The molecule has 2 aromatic carbocycles. The molecule has 2 fully saturated rings. The molecule has 0 aromatic heterocycles. The summed E-state index contributed by atoms with van der Waals surface area (Å²) >= 11 is 19.2. The van der Waals surface area contributed by atoms with E-state index >= 15 is 0 Å². The average Bonchev–Trinajstić information content (AvgIpc) is 3.03. The number of imide groups is 1. The molecular formula is C22H17Br2Cl2N3O5. The number of alkyl halides is 2. The summed E-state index contributed by atoms with van der Waals surface area (Å²) in [6.07, 6.45) is 0.905. The first-order valence-corrected chi connectivity index (χ1v) is 12.8. The van der Waals surface area contributed by atoms with Crippen LogP contribution in [0.5, 0.6) is 0 Å². The van der Waals surface area contributed by atoms with Gasteiger partial charge in [0.05, 0.1) is 33.3 Å². The summed E-state index contributed by atoms with van der Waals surface area (Å²) < 4.78 is 0. The van der Waals surface area contributed by atoms with Gasteiger partial charge in [-0.3, -0.25) is 24.5 Å². The lowest BCUT2D eigenvalue weighted by Crippen LogP contribution is -2.49. The summed E-state index contributed by atoms with van der Waals surface area (Å²) in [4.78, 5) is 50.7. The Kier molecular flexibility index (Phi) is 7.33. The zero-order valence-electron chi connectivity index (χ0n) is 17.4. The van der Waals surface area contributed by atoms with E-state index in [1.54, 1.807) is 18.2 Å². The Balaban J connectivity index is 1.72. The topological polar surface area (TPSA) is 101 Å². The smallest absolute Gasteiger partial charge is 0.272 e. The summed E-state index contributed by atoms with van der Waals surface area (Å²) in [5.74, 6) is -2.64. The molecule has 1 saturated heterocycles. The van der Waals surface area contributed by atoms with Gasteiger partial charge in [-0.15, -0.1) is 0 Å². The Morgan fingerprint density at radius 2 is 1.56 bits per heavy atom. The molecule has 1 heterocycles. The minimum absolute atomic E-state index is 0.0133. The van der Waals surface area contributed by atoms with Gasteiger partial charge in [0.1, 0.15) is 0 Å². The van der Waals surface area contributed by atoms with E-state index in [0.717, 1.165) is 10.0 Å². The van der Waals surface area contributed by atoms with E-state index in [1.807, 2.05) is 0 Å². The van der Waals surface area contributed by atoms with Crippen LogP contribution in [0, 0.1) is 22.0 Å². The molecule has 4 rings (SSSR count). The maximum atomic E-state index is 13.5. The summed E-state index contributed by atoms with van der Waals surface area (Å²) in [5, 5.41) is 13.6. The second kappa shape index (κ2) is 9.93. The molecule has 0 bridgehead atoms. The van der Waals surface area contributed by atoms with Crippen LogP contribution in [-0.4, -0.2) is 42.3 Å². The molecule has 3 amide bonds. The average molecular weight is 634 g/mol. The van der Waals surface area contributed by atoms with Crippen molar-refractivity contribution in [1.82, 2.24) is 10.0 Å². The maximum Gasteiger partial charge on any atom is 0.273 e. The number of rotatable bonds is 5. The van der Waals surface area contributed by atoms with E-state index in [1.165, 1.54) is 24.3 Å². The Morgan fingerprint density at radius 3 is 2.06 bits per heavy atom. The number of carbonyl (C=O) groups excluding carboxylic acids is 3. The van der Waals surface area contributed by atoms with Gasteiger partial charge in [0.2, 0.25) is 0 Å². The second-order valence-corrected chi connectivity index (χ2v) is 11.3. The molecule has 34 heavy (non-hydrogen) atoms.